The van der Waals surface area contributed by atoms with Crippen LogP contribution in [0.3, 0.4) is 0 Å². The molecule has 1 aliphatic carbocycles. The van der Waals surface area contributed by atoms with Gasteiger partial charge < -0.3 is 0 Å². The number of Topliss-reactive ketones (excluding diaryl/α,β-unsaturated/α-hetero) is 1. The van der Waals surface area contributed by atoms with E-state index in [4.69, 9.17) is 0 Å². The molecule has 0 aliphatic heterocycles. The molecule has 0 spiro atoms. The van der Waals surface area contributed by atoms with Gasteiger partial charge in [0, 0.05) is 12.3 Å². The second kappa shape index (κ2) is 5.34. The second-order valence-corrected chi connectivity index (χ2v) is 3.76. The smallest absolute Gasteiger partial charge is 0.135 e. The van der Waals surface area contributed by atoms with Gasteiger partial charge in [0.05, 0.1) is 0 Å². The predicted molar refractivity (Wildman–Crippen MR) is 50.8 cm³/mol. The quantitative estimate of drug-likeness (QED) is 0.575. The van der Waals surface area contributed by atoms with E-state index in [1.807, 2.05) is 0 Å². The Kier molecular flexibility index (Phi) is 4.34. The van der Waals surface area contributed by atoms with Crippen LogP contribution in [-0.2, 0) is 4.79 Å². The van der Waals surface area contributed by atoms with Crippen molar-refractivity contribution >= 4 is 5.78 Å². The molecule has 1 nitrogen and oxygen atoms in total. The van der Waals surface area contributed by atoms with Gasteiger partial charge in [-0.15, -0.1) is 0 Å². The van der Waals surface area contributed by atoms with Crippen LogP contribution in [0.15, 0.2) is 0 Å². The third-order valence-electron chi connectivity index (χ3n) is 2.73. The largest absolute Gasteiger partial charge is 0.299 e. The van der Waals surface area contributed by atoms with E-state index in [0.717, 1.165) is 38.5 Å². The first kappa shape index (κ1) is 9.76. The third kappa shape index (κ3) is 2.96. The molecule has 0 aromatic heterocycles. The van der Waals surface area contributed by atoms with Gasteiger partial charge >= 0.3 is 0 Å². The van der Waals surface area contributed by atoms with Crippen molar-refractivity contribution in [2.45, 2.75) is 51.4 Å². The average molecular weight is 167 g/mol. The highest BCUT2D eigenvalue weighted by Gasteiger charge is 2.21. The molecule has 0 unspecified atom stereocenters. The fraction of sp³-hybridized carbons (Fsp3) is 0.818. The highest BCUT2D eigenvalue weighted by atomic mass is 16.1. The fourth-order valence-electron chi connectivity index (χ4n) is 1.93. The topological polar surface area (TPSA) is 17.1 Å². The van der Waals surface area contributed by atoms with Crippen LogP contribution in [0.1, 0.15) is 51.4 Å². The number of carbonyl (C=O) groups is 1. The summed E-state index contributed by atoms with van der Waals surface area (Å²) in [5.74, 6) is 0.941. The zero-order valence-electron chi connectivity index (χ0n) is 7.85. The van der Waals surface area contributed by atoms with Gasteiger partial charge in [0.1, 0.15) is 5.78 Å². The molecule has 0 aromatic rings. The molecule has 1 heteroatoms. The summed E-state index contributed by atoms with van der Waals surface area (Å²) in [5.41, 5.74) is 0. The predicted octanol–water partition coefficient (Wildman–Crippen LogP) is 3.14. The van der Waals surface area contributed by atoms with Crippen LogP contribution in [-0.4, -0.2) is 5.78 Å². The van der Waals surface area contributed by atoms with E-state index >= 15 is 0 Å². The molecule has 1 aliphatic rings. The first-order valence-corrected chi connectivity index (χ1v) is 5.16. The van der Waals surface area contributed by atoms with Crippen molar-refractivity contribution in [3.8, 4) is 0 Å². The highest BCUT2D eigenvalue weighted by molar-refractivity contribution is 5.81. The molecule has 0 bridgehead atoms. The second-order valence-electron chi connectivity index (χ2n) is 3.76. The normalized spacial score (nSPS) is 18.4. The molecule has 0 N–H and O–H groups in total. The molecule has 0 heterocycles. The molecule has 69 valence electrons. The van der Waals surface area contributed by atoms with Crippen molar-refractivity contribution in [3.05, 3.63) is 6.92 Å². The molecular formula is C11H19O. The van der Waals surface area contributed by atoms with E-state index in [1.54, 1.807) is 0 Å². The average Bonchev–Trinajstić information content (AvgIpc) is 2.56. The number of rotatable bonds is 5. The van der Waals surface area contributed by atoms with Gasteiger partial charge in [0.15, 0.2) is 0 Å². The number of ketones is 1. The summed E-state index contributed by atoms with van der Waals surface area (Å²) in [4.78, 5) is 11.5. The van der Waals surface area contributed by atoms with Crippen molar-refractivity contribution in [1.82, 2.24) is 0 Å². The Bertz CT molecular complexity index is 134. The molecule has 0 amide bonds. The Balaban J connectivity index is 2.10. The number of unbranched alkanes of at least 4 members (excludes halogenated alkanes) is 2. The maximum atomic E-state index is 11.5. The van der Waals surface area contributed by atoms with Crippen molar-refractivity contribution in [2.75, 3.05) is 0 Å². The van der Waals surface area contributed by atoms with Crippen LogP contribution in [0.4, 0.5) is 0 Å². The fourth-order valence-corrected chi connectivity index (χ4v) is 1.93. The molecule has 0 atom stereocenters. The lowest BCUT2D eigenvalue weighted by molar-refractivity contribution is -0.122. The molecule has 1 fully saturated rings. The van der Waals surface area contributed by atoms with E-state index in [1.165, 1.54) is 12.8 Å². The van der Waals surface area contributed by atoms with E-state index in [9.17, 15) is 4.79 Å². The van der Waals surface area contributed by atoms with Gasteiger partial charge in [-0.3, -0.25) is 4.79 Å². The molecule has 1 rings (SSSR count). The molecule has 1 radical (unpaired) electrons. The first-order valence-electron chi connectivity index (χ1n) is 5.16. The molecule has 0 aromatic carbocycles. The Hall–Kier alpha value is -0.330. The minimum absolute atomic E-state index is 0.426. The standard InChI is InChI=1S/C11H19O/c1-2-3-4-9-11(12)10-7-5-6-8-10/h10H,1-9H2. The van der Waals surface area contributed by atoms with Gasteiger partial charge in [0.25, 0.3) is 0 Å². The summed E-state index contributed by atoms with van der Waals surface area (Å²) in [6, 6.07) is 0. The van der Waals surface area contributed by atoms with Gasteiger partial charge in [0.2, 0.25) is 0 Å². The van der Waals surface area contributed by atoms with Crippen molar-refractivity contribution in [3.63, 3.8) is 0 Å². The van der Waals surface area contributed by atoms with Gasteiger partial charge in [-0.05, 0) is 19.3 Å². The zero-order chi connectivity index (χ0) is 8.81. The summed E-state index contributed by atoms with van der Waals surface area (Å²) in [5, 5.41) is 0. The van der Waals surface area contributed by atoms with Crippen LogP contribution in [0.25, 0.3) is 0 Å². The Morgan fingerprint density at radius 1 is 1.25 bits per heavy atom. The lowest BCUT2D eigenvalue weighted by atomic mass is 9.98. The number of hydrogen-bond acceptors (Lipinski definition) is 1. The van der Waals surface area contributed by atoms with Crippen LogP contribution in [0.2, 0.25) is 0 Å². The summed E-state index contributed by atoms with van der Waals surface area (Å²) in [6.07, 6.45) is 8.79. The molecule has 12 heavy (non-hydrogen) atoms. The van der Waals surface area contributed by atoms with E-state index in [2.05, 4.69) is 6.92 Å². The van der Waals surface area contributed by atoms with E-state index in [0.29, 0.717) is 11.7 Å². The van der Waals surface area contributed by atoms with Crippen LogP contribution in [0, 0.1) is 12.8 Å². The maximum absolute atomic E-state index is 11.5. The summed E-state index contributed by atoms with van der Waals surface area (Å²) in [7, 11) is 0. The van der Waals surface area contributed by atoms with Gasteiger partial charge in [-0.2, -0.15) is 0 Å². The Labute approximate surface area is 75.5 Å². The zero-order valence-corrected chi connectivity index (χ0v) is 7.85. The van der Waals surface area contributed by atoms with Crippen LogP contribution in [0.5, 0.6) is 0 Å². The van der Waals surface area contributed by atoms with Crippen LogP contribution < -0.4 is 0 Å². The Morgan fingerprint density at radius 2 is 1.92 bits per heavy atom. The van der Waals surface area contributed by atoms with Gasteiger partial charge in [-0.1, -0.05) is 32.6 Å². The SMILES string of the molecule is [CH2]CCCCC(=O)C1CCCC1. The molecular weight excluding hydrogens is 148 g/mol. The number of carbonyl (C=O) groups excluding carboxylic acids is 1. The van der Waals surface area contributed by atoms with E-state index < -0.39 is 0 Å². The summed E-state index contributed by atoms with van der Waals surface area (Å²) in [6.45, 7) is 3.77. The highest BCUT2D eigenvalue weighted by Crippen LogP contribution is 2.26. The van der Waals surface area contributed by atoms with E-state index in [-0.39, 0.29) is 0 Å². The third-order valence-corrected chi connectivity index (χ3v) is 2.73. The van der Waals surface area contributed by atoms with Crippen molar-refractivity contribution < 1.29 is 4.79 Å². The monoisotopic (exact) mass is 167 g/mol. The minimum atomic E-state index is 0.426. The van der Waals surface area contributed by atoms with Crippen molar-refractivity contribution in [1.29, 1.82) is 0 Å². The maximum Gasteiger partial charge on any atom is 0.135 e. The lowest BCUT2D eigenvalue weighted by Crippen LogP contribution is -2.09. The minimum Gasteiger partial charge on any atom is -0.299 e. The Morgan fingerprint density at radius 3 is 2.50 bits per heavy atom. The first-order chi connectivity index (χ1) is 5.84. The molecule has 0 saturated heterocycles. The molecule has 1 saturated carbocycles. The van der Waals surface area contributed by atoms with Gasteiger partial charge in [-0.25, -0.2) is 0 Å². The number of hydrogen-bond donors (Lipinski definition) is 0. The van der Waals surface area contributed by atoms with Crippen molar-refractivity contribution in [2.24, 2.45) is 5.92 Å². The summed E-state index contributed by atoms with van der Waals surface area (Å²) >= 11 is 0. The summed E-state index contributed by atoms with van der Waals surface area (Å²) < 4.78 is 0. The van der Waals surface area contributed by atoms with Crippen LogP contribution >= 0.6 is 0 Å². The lowest BCUT2D eigenvalue weighted by Gasteiger charge is -2.06.